The maximum atomic E-state index is 5.58. The molecule has 0 radical (unpaired) electrons. The van der Waals surface area contributed by atoms with Crippen molar-refractivity contribution in [2.75, 3.05) is 11.6 Å². The van der Waals surface area contributed by atoms with Crippen LogP contribution in [0.5, 0.6) is 0 Å². The van der Waals surface area contributed by atoms with E-state index in [1.165, 1.54) is 4.79 Å². The maximum Gasteiger partial charge on any atom is 0.125 e. The lowest BCUT2D eigenvalue weighted by Gasteiger charge is -1.96. The van der Waals surface area contributed by atoms with Crippen molar-refractivity contribution in [1.82, 2.24) is 9.31 Å². The second-order valence-electron chi connectivity index (χ2n) is 2.19. The number of nitrogen functional groups attached to an aromatic ring is 2. The number of nitrogens with two attached hydrogens (primary N) is 2. The zero-order valence-corrected chi connectivity index (χ0v) is 5.36. The molecule has 0 aliphatic heterocycles. The van der Waals surface area contributed by atoms with Gasteiger partial charge in [-0.3, -0.25) is 0 Å². The first-order chi connectivity index (χ1) is 4.79. The Morgan fingerprint density at radius 3 is 2.70 bits per heavy atom. The zero-order valence-electron chi connectivity index (χ0n) is 5.36. The van der Waals surface area contributed by atoms with Crippen molar-refractivity contribution < 1.29 is 0 Å². The lowest BCUT2D eigenvalue weighted by molar-refractivity contribution is 0.772. The number of nitrogens with zero attached hydrogens (tertiary/aromatic N) is 2. The number of fused-ring (bicyclic) bond motifs is 1. The third kappa shape index (κ3) is 0.452. The van der Waals surface area contributed by atoms with Gasteiger partial charge in [-0.1, -0.05) is 0 Å². The van der Waals surface area contributed by atoms with E-state index >= 15 is 0 Å². The smallest absolute Gasteiger partial charge is 0.125 e. The number of hydrogen-bond donors (Lipinski definition) is 2. The molecular weight excluding hydrogens is 128 g/mol. The summed E-state index contributed by atoms with van der Waals surface area (Å²) in [5.74, 6) is 6.18. The van der Waals surface area contributed by atoms with Crippen molar-refractivity contribution in [2.45, 2.75) is 0 Å². The van der Waals surface area contributed by atoms with Crippen LogP contribution in [0.3, 0.4) is 0 Å². The van der Waals surface area contributed by atoms with Gasteiger partial charge in [0.2, 0.25) is 0 Å². The molecule has 0 spiro atoms. The molecule has 4 heteroatoms. The average molecular weight is 136 g/mol. The molecule has 2 aromatic rings. The van der Waals surface area contributed by atoms with Crippen LogP contribution < -0.4 is 11.6 Å². The second-order valence-corrected chi connectivity index (χ2v) is 2.19. The van der Waals surface area contributed by atoms with Crippen LogP contribution in [-0.2, 0) is 0 Å². The molecule has 0 aliphatic rings. The van der Waals surface area contributed by atoms with Crippen molar-refractivity contribution in [1.29, 1.82) is 0 Å². The van der Waals surface area contributed by atoms with Gasteiger partial charge in [-0.2, -0.15) is 0 Å². The summed E-state index contributed by atoms with van der Waals surface area (Å²) >= 11 is 0. The van der Waals surface area contributed by atoms with E-state index < -0.39 is 0 Å². The van der Waals surface area contributed by atoms with Crippen LogP contribution in [0, 0.1) is 0 Å². The molecule has 0 aliphatic carbocycles. The molecule has 0 fully saturated rings. The minimum Gasteiger partial charge on any atom is -0.384 e. The van der Waals surface area contributed by atoms with Gasteiger partial charge < -0.3 is 11.6 Å². The van der Waals surface area contributed by atoms with Gasteiger partial charge in [-0.05, 0) is 18.2 Å². The summed E-state index contributed by atoms with van der Waals surface area (Å²) in [6, 6.07) is 5.63. The van der Waals surface area contributed by atoms with Crippen LogP contribution in [0.15, 0.2) is 24.4 Å². The van der Waals surface area contributed by atoms with Crippen molar-refractivity contribution >= 4 is 11.3 Å². The normalized spacial score (nSPS) is 10.8. The Bertz CT molecular complexity index is 325. The van der Waals surface area contributed by atoms with Crippen LogP contribution in [0.2, 0.25) is 0 Å². The SMILES string of the molecule is Nc1ccc2ccn(N)n12. The molecule has 2 rings (SSSR count). The van der Waals surface area contributed by atoms with Gasteiger partial charge in [0.15, 0.2) is 0 Å². The lowest BCUT2D eigenvalue weighted by Crippen LogP contribution is -2.14. The van der Waals surface area contributed by atoms with Gasteiger partial charge in [0, 0.05) is 6.20 Å². The molecule has 4 nitrogen and oxygen atoms in total. The minimum atomic E-state index is 0.655. The zero-order chi connectivity index (χ0) is 7.14. The van der Waals surface area contributed by atoms with E-state index in [1.54, 1.807) is 10.7 Å². The van der Waals surface area contributed by atoms with E-state index in [0.717, 1.165) is 5.52 Å². The van der Waals surface area contributed by atoms with Gasteiger partial charge in [0.1, 0.15) is 5.82 Å². The maximum absolute atomic E-state index is 5.58. The summed E-state index contributed by atoms with van der Waals surface area (Å²) < 4.78 is 1.72. The molecule has 0 saturated heterocycles. The van der Waals surface area contributed by atoms with Crippen LogP contribution in [0.4, 0.5) is 5.82 Å². The molecule has 0 unspecified atom stereocenters. The van der Waals surface area contributed by atoms with Crippen LogP contribution in [-0.4, -0.2) is 9.31 Å². The molecule has 2 heterocycles. The Hall–Kier alpha value is -1.58. The van der Waals surface area contributed by atoms with E-state index in [-0.39, 0.29) is 0 Å². The predicted molar refractivity (Wildman–Crippen MR) is 39.9 cm³/mol. The summed E-state index contributed by atoms with van der Waals surface area (Å²) in [7, 11) is 0. The van der Waals surface area contributed by atoms with E-state index in [9.17, 15) is 0 Å². The highest BCUT2D eigenvalue weighted by Gasteiger charge is 1.98. The Morgan fingerprint density at radius 1 is 1.20 bits per heavy atom. The quantitative estimate of drug-likeness (QED) is 0.502. The first kappa shape index (κ1) is 5.22. The summed E-state index contributed by atoms with van der Waals surface area (Å²) in [6.07, 6.45) is 1.76. The molecule has 0 saturated carbocycles. The third-order valence-corrected chi connectivity index (χ3v) is 1.54. The minimum absolute atomic E-state index is 0.655. The number of rotatable bonds is 0. The summed E-state index contributed by atoms with van der Waals surface area (Å²) in [5.41, 5.74) is 6.60. The third-order valence-electron chi connectivity index (χ3n) is 1.54. The van der Waals surface area contributed by atoms with Crippen molar-refractivity contribution in [3.63, 3.8) is 0 Å². The highest BCUT2D eigenvalue weighted by Crippen LogP contribution is 2.10. The highest BCUT2D eigenvalue weighted by molar-refractivity contribution is 5.54. The van der Waals surface area contributed by atoms with Crippen molar-refractivity contribution in [3.8, 4) is 0 Å². The van der Waals surface area contributed by atoms with E-state index in [2.05, 4.69) is 0 Å². The fraction of sp³-hybridized carbons (Fsp3) is 0. The van der Waals surface area contributed by atoms with Crippen LogP contribution in [0.1, 0.15) is 0 Å². The van der Waals surface area contributed by atoms with Gasteiger partial charge in [0.05, 0.1) is 5.52 Å². The highest BCUT2D eigenvalue weighted by atomic mass is 15.5. The monoisotopic (exact) mass is 136 g/mol. The van der Waals surface area contributed by atoms with Gasteiger partial charge in [-0.15, -0.1) is 0 Å². The van der Waals surface area contributed by atoms with Gasteiger partial charge >= 0.3 is 0 Å². The molecule has 4 N–H and O–H groups in total. The molecule has 0 atom stereocenters. The van der Waals surface area contributed by atoms with E-state index in [4.69, 9.17) is 11.6 Å². The summed E-state index contributed by atoms with van der Waals surface area (Å²) in [6.45, 7) is 0. The fourth-order valence-corrected chi connectivity index (χ4v) is 1.07. The van der Waals surface area contributed by atoms with Crippen LogP contribution >= 0.6 is 0 Å². The molecule has 0 amide bonds. The van der Waals surface area contributed by atoms with Crippen LogP contribution in [0.25, 0.3) is 5.52 Å². The van der Waals surface area contributed by atoms with Crippen molar-refractivity contribution in [3.05, 3.63) is 24.4 Å². The topological polar surface area (TPSA) is 61.4 Å². The predicted octanol–water partition coefficient (Wildman–Crippen LogP) is 0.0368. The number of anilines is 1. The Kier molecular flexibility index (Phi) is 0.768. The largest absolute Gasteiger partial charge is 0.384 e. The second kappa shape index (κ2) is 1.47. The van der Waals surface area contributed by atoms with Gasteiger partial charge in [-0.25, -0.2) is 9.31 Å². The average Bonchev–Trinajstić information content (AvgIpc) is 2.40. The first-order valence-electron chi connectivity index (χ1n) is 2.98. The molecule has 10 heavy (non-hydrogen) atoms. The molecule has 2 aromatic heterocycles. The first-order valence-corrected chi connectivity index (χ1v) is 2.98. The number of aromatic nitrogens is 2. The fourth-order valence-electron chi connectivity index (χ4n) is 1.07. The lowest BCUT2D eigenvalue weighted by atomic mass is 10.5. The Balaban J connectivity index is 2.98. The summed E-state index contributed by atoms with van der Waals surface area (Å²) in [5, 5.41) is 0. The van der Waals surface area contributed by atoms with E-state index in [0.29, 0.717) is 5.82 Å². The Morgan fingerprint density at radius 2 is 2.00 bits per heavy atom. The van der Waals surface area contributed by atoms with E-state index in [1.807, 2.05) is 18.2 Å². The molecule has 0 aromatic carbocycles. The van der Waals surface area contributed by atoms with Gasteiger partial charge in [0.25, 0.3) is 0 Å². The molecule has 52 valence electrons. The Labute approximate surface area is 57.6 Å². The standard InChI is InChI=1S/C6H8N4/c7-6-2-1-5-3-4-9(8)10(5)6/h1-4H,7-8H2. The summed E-state index contributed by atoms with van der Waals surface area (Å²) in [4.78, 5) is 1.45. The van der Waals surface area contributed by atoms with Crippen molar-refractivity contribution in [2.24, 2.45) is 0 Å². The molecule has 0 bridgehead atoms. The molecular formula is C6H8N4. The number of hydrogen-bond acceptors (Lipinski definition) is 2.